The maximum atomic E-state index is 2.49. The molecule has 9 aromatic carbocycles. The van der Waals surface area contributed by atoms with Gasteiger partial charge in [0.25, 0.3) is 6.71 Å². The Balaban J connectivity index is 1.14. The second-order valence-electron chi connectivity index (χ2n) is 14.9. The highest BCUT2D eigenvalue weighted by atomic mass is 15.2. The van der Waals surface area contributed by atoms with Crippen LogP contribution in [0.1, 0.15) is 0 Å². The highest BCUT2D eigenvalue weighted by molar-refractivity contribution is 7.00. The van der Waals surface area contributed by atoms with E-state index in [1.165, 1.54) is 83.6 Å². The number of anilines is 6. The molecule has 0 saturated carbocycles. The zero-order chi connectivity index (χ0) is 37.7. The molecule has 0 atom stereocenters. The molecule has 2 nitrogen and oxygen atoms in total. The fourth-order valence-corrected chi connectivity index (χ4v) is 8.97. The molecule has 0 saturated heterocycles. The predicted octanol–water partition coefficient (Wildman–Crippen LogP) is 12.4. The molecule has 2 heterocycles. The van der Waals surface area contributed by atoms with Gasteiger partial charge in [-0.25, -0.2) is 0 Å². The van der Waals surface area contributed by atoms with Gasteiger partial charge in [0.1, 0.15) is 0 Å². The molecule has 57 heavy (non-hydrogen) atoms. The van der Waals surface area contributed by atoms with Crippen LogP contribution >= 0.6 is 0 Å². The molecule has 0 radical (unpaired) electrons. The smallest absolute Gasteiger partial charge is 0.252 e. The van der Waals surface area contributed by atoms with E-state index in [4.69, 9.17) is 0 Å². The molecule has 0 unspecified atom stereocenters. The van der Waals surface area contributed by atoms with Crippen molar-refractivity contribution in [3.8, 4) is 44.5 Å². The summed E-state index contributed by atoms with van der Waals surface area (Å²) in [5.74, 6) is 0. The first kappa shape index (κ1) is 33.0. The monoisotopic (exact) mass is 724 g/mol. The zero-order valence-corrected chi connectivity index (χ0v) is 31.3. The Labute approximate surface area is 334 Å². The second kappa shape index (κ2) is 13.7. The quantitative estimate of drug-likeness (QED) is 0.158. The first-order chi connectivity index (χ1) is 28.3. The molecule has 0 aliphatic carbocycles. The minimum atomic E-state index is 0.0663. The van der Waals surface area contributed by atoms with Crippen molar-refractivity contribution in [3.05, 3.63) is 224 Å². The lowest BCUT2D eigenvalue weighted by atomic mass is 9.33. The summed E-state index contributed by atoms with van der Waals surface area (Å²) in [6.07, 6.45) is 0. The van der Waals surface area contributed by atoms with Crippen molar-refractivity contribution in [3.63, 3.8) is 0 Å². The summed E-state index contributed by atoms with van der Waals surface area (Å²) >= 11 is 0. The van der Waals surface area contributed by atoms with Crippen LogP contribution in [0.2, 0.25) is 0 Å². The maximum Gasteiger partial charge on any atom is 0.252 e. The van der Waals surface area contributed by atoms with Crippen molar-refractivity contribution in [1.82, 2.24) is 0 Å². The van der Waals surface area contributed by atoms with Gasteiger partial charge in [-0.1, -0.05) is 176 Å². The van der Waals surface area contributed by atoms with Crippen molar-refractivity contribution < 1.29 is 0 Å². The lowest BCUT2D eigenvalue weighted by molar-refractivity contribution is 1.25. The van der Waals surface area contributed by atoms with E-state index in [1.807, 2.05) is 0 Å². The summed E-state index contributed by atoms with van der Waals surface area (Å²) < 4.78 is 0. The average molecular weight is 725 g/mol. The maximum absolute atomic E-state index is 2.49. The second-order valence-corrected chi connectivity index (χ2v) is 14.9. The fraction of sp³-hybridized carbons (Fsp3) is 0. The Bertz CT molecular complexity index is 2720. The average Bonchev–Trinajstić information content (AvgIpc) is 3.30. The van der Waals surface area contributed by atoms with Gasteiger partial charge >= 0.3 is 0 Å². The minimum Gasteiger partial charge on any atom is -0.311 e. The number of rotatable bonds is 6. The van der Waals surface area contributed by atoms with Gasteiger partial charge in [0.15, 0.2) is 0 Å². The Kier molecular flexibility index (Phi) is 7.96. The third kappa shape index (κ3) is 5.67. The minimum absolute atomic E-state index is 0.0663. The number of benzene rings is 9. The summed E-state index contributed by atoms with van der Waals surface area (Å²) in [4.78, 5) is 4.98. The molecule has 0 amide bonds. The summed E-state index contributed by atoms with van der Waals surface area (Å²) in [5, 5.41) is 0. The molecule has 2 aliphatic heterocycles. The van der Waals surface area contributed by atoms with Gasteiger partial charge < -0.3 is 9.80 Å². The summed E-state index contributed by atoms with van der Waals surface area (Å²) in [5.41, 5.74) is 20.7. The Morgan fingerprint density at radius 1 is 0.246 bits per heavy atom. The van der Waals surface area contributed by atoms with Crippen LogP contribution in [0.15, 0.2) is 224 Å². The number of para-hydroxylation sites is 2. The van der Waals surface area contributed by atoms with E-state index in [0.29, 0.717) is 0 Å². The molecule has 0 bridgehead atoms. The molecule has 0 spiro atoms. The molecular weight excluding hydrogens is 687 g/mol. The Morgan fingerprint density at radius 3 is 0.930 bits per heavy atom. The highest BCUT2D eigenvalue weighted by Gasteiger charge is 2.43. The molecule has 266 valence electrons. The topological polar surface area (TPSA) is 6.48 Å². The van der Waals surface area contributed by atoms with E-state index >= 15 is 0 Å². The van der Waals surface area contributed by atoms with E-state index in [-0.39, 0.29) is 6.71 Å². The molecule has 2 aliphatic rings. The molecule has 11 rings (SSSR count). The van der Waals surface area contributed by atoms with Gasteiger partial charge in [0.2, 0.25) is 0 Å². The van der Waals surface area contributed by atoms with Crippen LogP contribution in [0.4, 0.5) is 34.1 Å². The fourth-order valence-electron chi connectivity index (χ4n) is 8.97. The van der Waals surface area contributed by atoms with E-state index in [0.717, 1.165) is 11.4 Å². The van der Waals surface area contributed by atoms with Crippen LogP contribution in [-0.2, 0) is 0 Å². The molecule has 3 heteroatoms. The van der Waals surface area contributed by atoms with Gasteiger partial charge in [-0.2, -0.15) is 0 Å². The van der Waals surface area contributed by atoms with Gasteiger partial charge in [-0.15, -0.1) is 0 Å². The highest BCUT2D eigenvalue weighted by Crippen LogP contribution is 2.46. The normalized spacial score (nSPS) is 12.5. The van der Waals surface area contributed by atoms with Crippen molar-refractivity contribution >= 4 is 57.2 Å². The molecular formula is C54H37BN2. The van der Waals surface area contributed by atoms with Crippen LogP contribution in [0, 0.1) is 0 Å². The van der Waals surface area contributed by atoms with Crippen molar-refractivity contribution in [1.29, 1.82) is 0 Å². The van der Waals surface area contributed by atoms with Crippen LogP contribution in [-0.4, -0.2) is 6.71 Å². The molecule has 9 aromatic rings. The Hall–Kier alpha value is -7.36. The predicted molar refractivity (Wildman–Crippen MR) is 242 cm³/mol. The van der Waals surface area contributed by atoms with Crippen LogP contribution in [0.5, 0.6) is 0 Å². The SMILES string of the molecule is c1ccc(-c2ccc(-c3cc4c5c(c3)N(c3ccc(-c6ccccc6)cc3)c3ccccc3B5c3ccccc3N4c3ccc(-c4ccccc4)cc3)cc2)cc1. The van der Waals surface area contributed by atoms with Gasteiger partial charge in [-0.3, -0.25) is 0 Å². The van der Waals surface area contributed by atoms with Crippen molar-refractivity contribution in [2.45, 2.75) is 0 Å². The van der Waals surface area contributed by atoms with Crippen LogP contribution in [0.25, 0.3) is 44.5 Å². The third-order valence-electron chi connectivity index (χ3n) is 11.7. The van der Waals surface area contributed by atoms with Crippen LogP contribution in [0.3, 0.4) is 0 Å². The number of nitrogens with zero attached hydrogens (tertiary/aromatic N) is 2. The van der Waals surface area contributed by atoms with E-state index in [9.17, 15) is 0 Å². The molecule has 0 fully saturated rings. The lowest BCUT2D eigenvalue weighted by Crippen LogP contribution is -2.61. The molecule has 0 aromatic heterocycles. The first-order valence-corrected chi connectivity index (χ1v) is 19.7. The summed E-state index contributed by atoms with van der Waals surface area (Å²) in [7, 11) is 0. The lowest BCUT2D eigenvalue weighted by Gasteiger charge is -2.44. The molecule has 0 N–H and O–H groups in total. The standard InChI is InChI=1S/C54H37BN2/c1-4-14-38(15-5-1)41-24-26-44(27-25-41)45-36-52-54-53(37-45)57(47-34-30-43(31-35-47)40-18-8-3-9-19-40)51-23-13-11-21-49(51)55(54)48-20-10-12-22-50(48)56(52)46-32-28-42(29-33-46)39-16-6-2-7-17-39/h1-37H. The summed E-state index contributed by atoms with van der Waals surface area (Å²) in [6, 6.07) is 82.0. The first-order valence-electron chi connectivity index (χ1n) is 19.7. The van der Waals surface area contributed by atoms with Crippen molar-refractivity contribution in [2.24, 2.45) is 0 Å². The Morgan fingerprint density at radius 2 is 0.544 bits per heavy atom. The third-order valence-corrected chi connectivity index (χ3v) is 11.7. The van der Waals surface area contributed by atoms with E-state index in [2.05, 4.69) is 234 Å². The number of hydrogen-bond donors (Lipinski definition) is 0. The zero-order valence-electron chi connectivity index (χ0n) is 31.3. The number of fused-ring (bicyclic) bond motifs is 4. The van der Waals surface area contributed by atoms with E-state index < -0.39 is 0 Å². The van der Waals surface area contributed by atoms with Crippen molar-refractivity contribution in [2.75, 3.05) is 9.80 Å². The summed E-state index contributed by atoms with van der Waals surface area (Å²) in [6.45, 7) is 0.0663. The van der Waals surface area contributed by atoms with Gasteiger partial charge in [0.05, 0.1) is 0 Å². The van der Waals surface area contributed by atoms with Crippen LogP contribution < -0.4 is 26.2 Å². The largest absolute Gasteiger partial charge is 0.311 e. The van der Waals surface area contributed by atoms with E-state index in [1.54, 1.807) is 0 Å². The number of hydrogen-bond acceptors (Lipinski definition) is 2. The van der Waals surface area contributed by atoms with Gasteiger partial charge in [0, 0.05) is 34.1 Å². The van der Waals surface area contributed by atoms with Gasteiger partial charge in [-0.05, 0) is 109 Å².